The van der Waals surface area contributed by atoms with E-state index in [1.54, 1.807) is 89.9 Å². The Morgan fingerprint density at radius 2 is 1.14 bits per heavy atom. The molecule has 0 aromatic rings. The minimum Gasteiger partial charge on any atom is -0.0527 e. The van der Waals surface area contributed by atoms with Gasteiger partial charge >= 0.3 is 0 Å². The van der Waals surface area contributed by atoms with Crippen LogP contribution in [0.1, 0.15) is 109 Å². The van der Waals surface area contributed by atoms with E-state index in [-0.39, 0.29) is 0 Å². The standard InChI is InChI=1S/C22H37/c1-6-19-7-2-12-21(20(11-1)14-13-19)22-15-3-8-18(9-4-16-22)10-5-17-22/h18-19,21H,1-17H2. The second-order valence-electron chi connectivity index (χ2n) is 9.34. The second kappa shape index (κ2) is 6.86. The van der Waals surface area contributed by atoms with Crippen molar-refractivity contribution in [1.29, 1.82) is 0 Å². The third-order valence-electron chi connectivity index (χ3n) is 8.18. The van der Waals surface area contributed by atoms with E-state index in [2.05, 4.69) is 5.92 Å². The zero-order valence-corrected chi connectivity index (χ0v) is 14.8. The molecule has 0 heteroatoms. The van der Waals surface area contributed by atoms with Gasteiger partial charge in [0.2, 0.25) is 0 Å². The van der Waals surface area contributed by atoms with Crippen molar-refractivity contribution in [1.82, 2.24) is 0 Å². The monoisotopic (exact) mass is 301 g/mol. The van der Waals surface area contributed by atoms with Crippen molar-refractivity contribution in [3.63, 3.8) is 0 Å². The van der Waals surface area contributed by atoms with Gasteiger partial charge in [-0.15, -0.1) is 0 Å². The van der Waals surface area contributed by atoms with Gasteiger partial charge in [0.1, 0.15) is 0 Å². The molecule has 0 aliphatic heterocycles. The molecule has 1 radical (unpaired) electrons. The molecule has 5 aliphatic carbocycles. The van der Waals surface area contributed by atoms with E-state index in [0.29, 0.717) is 0 Å². The molecule has 22 heavy (non-hydrogen) atoms. The molecule has 5 saturated carbocycles. The lowest BCUT2D eigenvalue weighted by atomic mass is 9.56. The smallest absolute Gasteiger partial charge is 0.0204 e. The van der Waals surface area contributed by atoms with Gasteiger partial charge < -0.3 is 0 Å². The van der Waals surface area contributed by atoms with E-state index < -0.39 is 0 Å². The van der Waals surface area contributed by atoms with Crippen LogP contribution in [-0.2, 0) is 0 Å². The topological polar surface area (TPSA) is 0 Å². The maximum Gasteiger partial charge on any atom is -0.0204 e. The van der Waals surface area contributed by atoms with E-state index in [9.17, 15) is 0 Å². The second-order valence-corrected chi connectivity index (χ2v) is 9.34. The third-order valence-corrected chi connectivity index (χ3v) is 8.18. The summed E-state index contributed by atoms with van der Waals surface area (Å²) in [4.78, 5) is 0. The fourth-order valence-electron chi connectivity index (χ4n) is 7.03. The summed E-state index contributed by atoms with van der Waals surface area (Å²) in [5.74, 6) is 5.27. The van der Waals surface area contributed by atoms with Gasteiger partial charge in [0.15, 0.2) is 0 Å². The first-order valence-corrected chi connectivity index (χ1v) is 10.7. The summed E-state index contributed by atoms with van der Waals surface area (Å²) in [7, 11) is 0. The van der Waals surface area contributed by atoms with E-state index in [4.69, 9.17) is 0 Å². The van der Waals surface area contributed by atoms with Crippen molar-refractivity contribution in [2.75, 3.05) is 0 Å². The fraction of sp³-hybridized carbons (Fsp3) is 0.955. The summed E-state index contributed by atoms with van der Waals surface area (Å²) in [5.41, 5.74) is 0.748. The summed E-state index contributed by atoms with van der Waals surface area (Å²) >= 11 is 0. The number of fused-ring (bicyclic) bond motifs is 9. The molecule has 2 unspecified atom stereocenters. The average molecular weight is 302 g/mol. The molecule has 0 aromatic carbocycles. The molecule has 0 amide bonds. The molecule has 5 fully saturated rings. The van der Waals surface area contributed by atoms with E-state index >= 15 is 0 Å². The Hall–Kier alpha value is 0. The minimum atomic E-state index is 0.748. The van der Waals surface area contributed by atoms with Gasteiger partial charge in [0.25, 0.3) is 0 Å². The highest BCUT2D eigenvalue weighted by atomic mass is 14.5. The predicted octanol–water partition coefficient (Wildman–Crippen LogP) is 7.08. The Labute approximate surface area is 138 Å². The van der Waals surface area contributed by atoms with Crippen LogP contribution in [0.2, 0.25) is 0 Å². The number of hydrogen-bond acceptors (Lipinski definition) is 0. The minimum absolute atomic E-state index is 0.748. The lowest BCUT2D eigenvalue weighted by molar-refractivity contribution is 0.0599. The summed E-state index contributed by atoms with van der Waals surface area (Å²) in [6.07, 6.45) is 26.4. The zero-order chi connectivity index (χ0) is 14.8. The van der Waals surface area contributed by atoms with Gasteiger partial charge in [-0.05, 0) is 74.0 Å². The Bertz CT molecular complexity index is 331. The van der Waals surface area contributed by atoms with Crippen LogP contribution in [0.15, 0.2) is 0 Å². The summed E-state index contributed by atoms with van der Waals surface area (Å²) < 4.78 is 0. The van der Waals surface area contributed by atoms with Crippen molar-refractivity contribution < 1.29 is 0 Å². The van der Waals surface area contributed by atoms with Gasteiger partial charge in [-0.2, -0.15) is 0 Å². The molecular weight excluding hydrogens is 264 g/mol. The summed E-state index contributed by atoms with van der Waals surface area (Å²) in [5, 5.41) is 0. The van der Waals surface area contributed by atoms with Crippen LogP contribution in [0.5, 0.6) is 0 Å². The molecule has 5 aliphatic rings. The van der Waals surface area contributed by atoms with Gasteiger partial charge in [0.05, 0.1) is 0 Å². The fourth-order valence-corrected chi connectivity index (χ4v) is 7.03. The third kappa shape index (κ3) is 3.13. The van der Waals surface area contributed by atoms with Crippen LogP contribution >= 0.6 is 0 Å². The molecule has 0 saturated heterocycles. The quantitative estimate of drug-likeness (QED) is 0.485. The molecular formula is C22H37. The Morgan fingerprint density at radius 1 is 0.545 bits per heavy atom. The van der Waals surface area contributed by atoms with Gasteiger partial charge in [-0.3, -0.25) is 0 Å². The van der Waals surface area contributed by atoms with Crippen molar-refractivity contribution in [2.45, 2.75) is 109 Å². The van der Waals surface area contributed by atoms with Crippen LogP contribution in [0.4, 0.5) is 0 Å². The predicted molar refractivity (Wildman–Crippen MR) is 94.6 cm³/mol. The molecule has 5 rings (SSSR count). The van der Waals surface area contributed by atoms with E-state index in [0.717, 1.165) is 23.2 Å². The van der Waals surface area contributed by atoms with Crippen molar-refractivity contribution in [3.05, 3.63) is 5.92 Å². The van der Waals surface area contributed by atoms with E-state index in [1.165, 1.54) is 19.3 Å². The number of hydrogen-bond donors (Lipinski definition) is 0. The summed E-state index contributed by atoms with van der Waals surface area (Å²) in [6.45, 7) is 0. The largest absolute Gasteiger partial charge is 0.0527 e. The highest BCUT2D eigenvalue weighted by molar-refractivity contribution is 5.07. The molecule has 0 heterocycles. The Balaban J connectivity index is 1.58. The normalized spacial score (nSPS) is 44.5. The molecule has 4 bridgehead atoms. The van der Waals surface area contributed by atoms with Crippen LogP contribution in [0.25, 0.3) is 0 Å². The summed E-state index contributed by atoms with van der Waals surface area (Å²) in [6, 6.07) is 0. The SMILES string of the molecule is C1C[C]2CCC(C1)CCCC2C12CCCC(CCC1)CCC2. The first-order valence-electron chi connectivity index (χ1n) is 10.7. The zero-order valence-electron chi connectivity index (χ0n) is 14.8. The van der Waals surface area contributed by atoms with Crippen molar-refractivity contribution >= 4 is 0 Å². The van der Waals surface area contributed by atoms with Crippen LogP contribution in [0.3, 0.4) is 0 Å². The van der Waals surface area contributed by atoms with Gasteiger partial charge in [0, 0.05) is 0 Å². The van der Waals surface area contributed by atoms with E-state index in [1.807, 2.05) is 0 Å². The first-order chi connectivity index (χ1) is 10.9. The highest BCUT2D eigenvalue weighted by Crippen LogP contribution is 2.56. The maximum absolute atomic E-state index is 2.06. The molecule has 0 nitrogen and oxygen atoms in total. The van der Waals surface area contributed by atoms with Crippen molar-refractivity contribution in [2.24, 2.45) is 23.2 Å². The average Bonchev–Trinajstić information content (AvgIpc) is 2.60. The van der Waals surface area contributed by atoms with Crippen LogP contribution in [0, 0.1) is 29.1 Å². The molecule has 0 spiro atoms. The lowest BCUT2D eigenvalue weighted by Gasteiger charge is -2.49. The lowest BCUT2D eigenvalue weighted by Crippen LogP contribution is -2.38. The molecule has 125 valence electrons. The van der Waals surface area contributed by atoms with Crippen LogP contribution < -0.4 is 0 Å². The molecule has 2 atom stereocenters. The highest BCUT2D eigenvalue weighted by Gasteiger charge is 2.44. The maximum atomic E-state index is 2.06. The molecule has 0 aromatic heterocycles. The van der Waals surface area contributed by atoms with Gasteiger partial charge in [-0.25, -0.2) is 0 Å². The van der Waals surface area contributed by atoms with Gasteiger partial charge in [-0.1, -0.05) is 64.2 Å². The molecule has 0 N–H and O–H groups in total. The first kappa shape index (κ1) is 15.5. The van der Waals surface area contributed by atoms with Crippen molar-refractivity contribution in [3.8, 4) is 0 Å². The number of rotatable bonds is 1. The van der Waals surface area contributed by atoms with Crippen LogP contribution in [-0.4, -0.2) is 0 Å². The Morgan fingerprint density at radius 3 is 1.86 bits per heavy atom. The Kier molecular flexibility index (Phi) is 4.84.